The van der Waals surface area contributed by atoms with Gasteiger partial charge in [0, 0.05) is 6.04 Å². The van der Waals surface area contributed by atoms with Gasteiger partial charge in [-0.25, -0.2) is 0 Å². The Morgan fingerprint density at radius 2 is 1.35 bits per heavy atom. The zero-order valence-corrected chi connectivity index (χ0v) is 10.4. The van der Waals surface area contributed by atoms with Crippen LogP contribution in [-0.4, -0.2) is 6.54 Å². The average molecular weight is 300 g/mol. The third kappa shape index (κ3) is 4.38. The largest absolute Gasteiger partial charge is 0.416 e. The number of hydrogen-bond acceptors (Lipinski definition) is 2. The molecule has 8 heteroatoms. The van der Waals surface area contributed by atoms with Gasteiger partial charge in [-0.05, 0) is 43.1 Å². The molecule has 1 atom stereocenters. The lowest BCUT2D eigenvalue weighted by Gasteiger charge is -2.17. The molecule has 114 valence electrons. The fourth-order valence-corrected chi connectivity index (χ4v) is 1.70. The van der Waals surface area contributed by atoms with Gasteiger partial charge in [-0.15, -0.1) is 0 Å². The summed E-state index contributed by atoms with van der Waals surface area (Å²) in [5.74, 6) is 0. The number of hydrogen-bond donors (Lipinski definition) is 2. The summed E-state index contributed by atoms with van der Waals surface area (Å²) in [7, 11) is 0. The van der Waals surface area contributed by atoms with E-state index >= 15 is 0 Å². The van der Waals surface area contributed by atoms with Crippen LogP contribution in [-0.2, 0) is 12.4 Å². The van der Waals surface area contributed by atoms with Gasteiger partial charge in [0.1, 0.15) is 0 Å². The summed E-state index contributed by atoms with van der Waals surface area (Å²) in [5, 5.41) is 0. The van der Waals surface area contributed by atoms with Gasteiger partial charge in [-0.3, -0.25) is 0 Å². The Balaban J connectivity index is 3.24. The molecule has 0 bridgehead atoms. The highest BCUT2D eigenvalue weighted by atomic mass is 19.4. The second-order valence-corrected chi connectivity index (χ2v) is 4.38. The first kappa shape index (κ1) is 16.8. The molecule has 0 fully saturated rings. The van der Waals surface area contributed by atoms with Gasteiger partial charge in [0.25, 0.3) is 0 Å². The van der Waals surface area contributed by atoms with Gasteiger partial charge in [0.15, 0.2) is 0 Å². The quantitative estimate of drug-likeness (QED) is 0.837. The van der Waals surface area contributed by atoms with E-state index in [-0.39, 0.29) is 24.6 Å². The summed E-state index contributed by atoms with van der Waals surface area (Å²) in [4.78, 5) is 0. The summed E-state index contributed by atoms with van der Waals surface area (Å²) in [6, 6.07) is 0.466. The zero-order chi connectivity index (χ0) is 15.6. The number of halogens is 6. The monoisotopic (exact) mass is 300 g/mol. The van der Waals surface area contributed by atoms with Crippen LogP contribution in [0.25, 0.3) is 0 Å². The Bertz CT molecular complexity index is 420. The molecule has 4 N–H and O–H groups in total. The van der Waals surface area contributed by atoms with Crippen LogP contribution in [0.3, 0.4) is 0 Å². The first-order chi connectivity index (χ1) is 9.05. The highest BCUT2D eigenvalue weighted by Gasteiger charge is 2.37. The summed E-state index contributed by atoms with van der Waals surface area (Å²) >= 11 is 0. The molecule has 1 aromatic carbocycles. The van der Waals surface area contributed by atoms with E-state index in [9.17, 15) is 26.3 Å². The molecule has 0 unspecified atom stereocenters. The van der Waals surface area contributed by atoms with Crippen molar-refractivity contribution in [2.75, 3.05) is 6.54 Å². The maximum Gasteiger partial charge on any atom is 0.416 e. The van der Waals surface area contributed by atoms with E-state index < -0.39 is 29.5 Å². The second-order valence-electron chi connectivity index (χ2n) is 4.38. The number of rotatable bonds is 4. The molecule has 1 aromatic rings. The van der Waals surface area contributed by atoms with Crippen LogP contribution in [0.1, 0.15) is 35.6 Å². The van der Waals surface area contributed by atoms with Crippen LogP contribution >= 0.6 is 0 Å². The standard InChI is InChI=1S/C12H14F6N2/c13-11(14,15)8-4-7(10(20)2-1-3-19)5-9(6-8)12(16,17)18/h4-6,10H,1-3,19-20H2/t10-/m0/s1. The van der Waals surface area contributed by atoms with Crippen LogP contribution < -0.4 is 11.5 Å². The lowest BCUT2D eigenvalue weighted by atomic mass is 9.97. The molecule has 0 saturated heterocycles. The van der Waals surface area contributed by atoms with Crippen molar-refractivity contribution in [1.29, 1.82) is 0 Å². The fraction of sp³-hybridized carbons (Fsp3) is 0.500. The smallest absolute Gasteiger partial charge is 0.330 e. The topological polar surface area (TPSA) is 52.0 Å². The van der Waals surface area contributed by atoms with E-state index in [0.29, 0.717) is 18.6 Å². The Morgan fingerprint density at radius 3 is 1.70 bits per heavy atom. The molecular weight excluding hydrogens is 286 g/mol. The molecule has 0 amide bonds. The Kier molecular flexibility index (Phi) is 5.04. The van der Waals surface area contributed by atoms with Gasteiger partial charge >= 0.3 is 12.4 Å². The summed E-state index contributed by atoms with van der Waals surface area (Å²) < 4.78 is 75.7. The summed E-state index contributed by atoms with van der Waals surface area (Å²) in [6.45, 7) is 0.263. The van der Waals surface area contributed by atoms with Crippen molar-refractivity contribution in [1.82, 2.24) is 0 Å². The first-order valence-electron chi connectivity index (χ1n) is 5.80. The minimum atomic E-state index is -4.86. The van der Waals surface area contributed by atoms with Crippen molar-refractivity contribution in [3.05, 3.63) is 34.9 Å². The van der Waals surface area contributed by atoms with Crippen molar-refractivity contribution < 1.29 is 26.3 Å². The van der Waals surface area contributed by atoms with Crippen molar-refractivity contribution >= 4 is 0 Å². The maximum absolute atomic E-state index is 12.6. The van der Waals surface area contributed by atoms with Crippen LogP contribution in [0.5, 0.6) is 0 Å². The van der Waals surface area contributed by atoms with Gasteiger partial charge in [-0.2, -0.15) is 26.3 Å². The van der Waals surface area contributed by atoms with Gasteiger partial charge < -0.3 is 11.5 Å². The van der Waals surface area contributed by atoms with Crippen molar-refractivity contribution in [2.45, 2.75) is 31.2 Å². The number of nitrogens with two attached hydrogens (primary N) is 2. The Labute approximate surface area is 111 Å². The highest BCUT2D eigenvalue weighted by molar-refractivity contribution is 5.35. The molecule has 1 rings (SSSR count). The highest BCUT2D eigenvalue weighted by Crippen LogP contribution is 2.37. The molecule has 0 heterocycles. The van der Waals surface area contributed by atoms with Gasteiger partial charge in [0.05, 0.1) is 11.1 Å². The average Bonchev–Trinajstić information content (AvgIpc) is 2.33. The maximum atomic E-state index is 12.6. The number of benzene rings is 1. The molecule has 0 radical (unpaired) electrons. The van der Waals surface area contributed by atoms with Crippen LogP contribution in [0, 0.1) is 0 Å². The van der Waals surface area contributed by atoms with Crippen LogP contribution in [0.2, 0.25) is 0 Å². The minimum Gasteiger partial charge on any atom is -0.330 e. The Hall–Kier alpha value is -1.28. The van der Waals surface area contributed by atoms with E-state index in [2.05, 4.69) is 0 Å². The number of alkyl halides is 6. The van der Waals surface area contributed by atoms with E-state index in [4.69, 9.17) is 11.5 Å². The molecule has 0 aliphatic rings. The SMILES string of the molecule is NCCC[C@H](N)c1cc(C(F)(F)F)cc(C(F)(F)F)c1. The van der Waals surface area contributed by atoms with Crippen molar-refractivity contribution in [3.63, 3.8) is 0 Å². The molecule has 0 saturated carbocycles. The summed E-state index contributed by atoms with van der Waals surface area (Å²) in [5.41, 5.74) is 7.95. The predicted molar refractivity (Wildman–Crippen MR) is 61.7 cm³/mol. The Morgan fingerprint density at radius 1 is 0.900 bits per heavy atom. The molecule has 20 heavy (non-hydrogen) atoms. The molecular formula is C12H14F6N2. The molecule has 0 spiro atoms. The van der Waals surface area contributed by atoms with Crippen LogP contribution in [0.4, 0.5) is 26.3 Å². The summed E-state index contributed by atoms with van der Waals surface area (Å²) in [6.07, 6.45) is -9.08. The molecule has 0 aliphatic heterocycles. The molecule has 0 aromatic heterocycles. The lowest BCUT2D eigenvalue weighted by Crippen LogP contribution is -2.17. The van der Waals surface area contributed by atoms with Crippen LogP contribution in [0.15, 0.2) is 18.2 Å². The van der Waals surface area contributed by atoms with E-state index in [1.807, 2.05) is 0 Å². The van der Waals surface area contributed by atoms with Gasteiger partial charge in [0.2, 0.25) is 0 Å². The van der Waals surface area contributed by atoms with Crippen molar-refractivity contribution in [2.24, 2.45) is 11.5 Å². The zero-order valence-electron chi connectivity index (χ0n) is 10.4. The molecule has 2 nitrogen and oxygen atoms in total. The van der Waals surface area contributed by atoms with E-state index in [0.717, 1.165) is 0 Å². The van der Waals surface area contributed by atoms with Gasteiger partial charge in [-0.1, -0.05) is 0 Å². The predicted octanol–water partition coefficient (Wildman–Crippen LogP) is 3.46. The van der Waals surface area contributed by atoms with Crippen molar-refractivity contribution in [3.8, 4) is 0 Å². The normalized spacial score (nSPS) is 14.4. The molecule has 0 aliphatic carbocycles. The fourth-order valence-electron chi connectivity index (χ4n) is 1.70. The third-order valence-electron chi connectivity index (χ3n) is 2.76. The lowest BCUT2D eigenvalue weighted by molar-refractivity contribution is -0.143. The second kappa shape index (κ2) is 6.01. The van der Waals surface area contributed by atoms with E-state index in [1.54, 1.807) is 0 Å². The van der Waals surface area contributed by atoms with E-state index in [1.165, 1.54) is 0 Å². The first-order valence-corrected chi connectivity index (χ1v) is 5.80. The third-order valence-corrected chi connectivity index (χ3v) is 2.76. The minimum absolute atomic E-state index is 0.0825.